The first kappa shape index (κ1) is 17.2. The van der Waals surface area contributed by atoms with E-state index in [0.717, 1.165) is 11.5 Å². The maximum absolute atomic E-state index is 12.0. The summed E-state index contributed by atoms with van der Waals surface area (Å²) >= 11 is 1.71. The van der Waals surface area contributed by atoms with Gasteiger partial charge in [0.1, 0.15) is 11.5 Å². The molecule has 1 amide bonds. The molecular formula is C18H21NO3S. The van der Waals surface area contributed by atoms with Gasteiger partial charge in [0, 0.05) is 17.2 Å². The van der Waals surface area contributed by atoms with E-state index >= 15 is 0 Å². The van der Waals surface area contributed by atoms with Gasteiger partial charge in [0.05, 0.1) is 7.11 Å². The molecule has 0 heterocycles. The van der Waals surface area contributed by atoms with Crippen molar-refractivity contribution in [2.75, 3.05) is 19.4 Å². The van der Waals surface area contributed by atoms with E-state index in [1.54, 1.807) is 50.1 Å². The van der Waals surface area contributed by atoms with Crippen molar-refractivity contribution in [3.63, 3.8) is 0 Å². The van der Waals surface area contributed by atoms with Gasteiger partial charge in [0.15, 0.2) is 6.10 Å². The van der Waals surface area contributed by atoms with Gasteiger partial charge in [-0.15, -0.1) is 11.8 Å². The van der Waals surface area contributed by atoms with Gasteiger partial charge in [-0.3, -0.25) is 4.79 Å². The summed E-state index contributed by atoms with van der Waals surface area (Å²) in [6, 6.07) is 17.3. The first-order valence-corrected chi connectivity index (χ1v) is 8.44. The quantitative estimate of drug-likeness (QED) is 0.595. The lowest BCUT2D eigenvalue weighted by molar-refractivity contribution is -0.127. The summed E-state index contributed by atoms with van der Waals surface area (Å²) in [7, 11) is 1.61. The summed E-state index contributed by atoms with van der Waals surface area (Å²) in [5.74, 6) is 2.11. The lowest BCUT2D eigenvalue weighted by Crippen LogP contribution is -2.37. The first-order chi connectivity index (χ1) is 11.2. The lowest BCUT2D eigenvalue weighted by Gasteiger charge is -2.15. The van der Waals surface area contributed by atoms with Crippen molar-refractivity contribution in [3.8, 4) is 11.5 Å². The third-order valence-electron chi connectivity index (χ3n) is 3.15. The number of carbonyl (C=O) groups is 1. The number of carbonyl (C=O) groups excluding carboxylic acids is 1. The zero-order valence-corrected chi connectivity index (χ0v) is 14.1. The summed E-state index contributed by atoms with van der Waals surface area (Å²) in [4.78, 5) is 13.2. The van der Waals surface area contributed by atoms with E-state index in [4.69, 9.17) is 9.47 Å². The van der Waals surface area contributed by atoms with Crippen molar-refractivity contribution >= 4 is 17.7 Å². The predicted octanol–water partition coefficient (Wildman–Crippen LogP) is 3.37. The molecule has 1 atom stereocenters. The number of rotatable bonds is 8. The zero-order chi connectivity index (χ0) is 16.5. The van der Waals surface area contributed by atoms with Gasteiger partial charge in [0.25, 0.3) is 5.91 Å². The second kappa shape index (κ2) is 9.10. The largest absolute Gasteiger partial charge is 0.497 e. The highest BCUT2D eigenvalue weighted by molar-refractivity contribution is 7.99. The van der Waals surface area contributed by atoms with Crippen LogP contribution in [0.25, 0.3) is 0 Å². The highest BCUT2D eigenvalue weighted by Crippen LogP contribution is 2.18. The molecule has 2 aromatic rings. The fraction of sp³-hybridized carbons (Fsp3) is 0.278. The highest BCUT2D eigenvalue weighted by atomic mass is 32.2. The minimum atomic E-state index is -0.537. The Balaban J connectivity index is 1.69. The molecule has 0 saturated heterocycles. The maximum Gasteiger partial charge on any atom is 0.260 e. The Morgan fingerprint density at radius 1 is 1.09 bits per heavy atom. The number of methoxy groups -OCH3 is 1. The van der Waals surface area contributed by atoms with Crippen molar-refractivity contribution < 1.29 is 14.3 Å². The van der Waals surface area contributed by atoms with Crippen LogP contribution in [-0.4, -0.2) is 31.4 Å². The van der Waals surface area contributed by atoms with Gasteiger partial charge in [-0.2, -0.15) is 0 Å². The molecule has 4 nitrogen and oxygen atoms in total. The monoisotopic (exact) mass is 331 g/mol. The summed E-state index contributed by atoms with van der Waals surface area (Å²) in [6.45, 7) is 2.35. The Hall–Kier alpha value is -2.14. The SMILES string of the molecule is COc1ccc(O[C@H](C)C(=O)NCCSc2ccccc2)cc1. The van der Waals surface area contributed by atoms with Gasteiger partial charge in [-0.1, -0.05) is 18.2 Å². The zero-order valence-electron chi connectivity index (χ0n) is 13.3. The van der Waals surface area contributed by atoms with E-state index in [9.17, 15) is 4.79 Å². The van der Waals surface area contributed by atoms with Crippen molar-refractivity contribution in [2.45, 2.75) is 17.9 Å². The van der Waals surface area contributed by atoms with Crippen LogP contribution in [0.4, 0.5) is 0 Å². The molecule has 23 heavy (non-hydrogen) atoms. The molecule has 1 N–H and O–H groups in total. The average Bonchev–Trinajstić information content (AvgIpc) is 2.60. The molecule has 2 aromatic carbocycles. The second-order valence-corrected chi connectivity index (χ2v) is 6.06. The predicted molar refractivity (Wildman–Crippen MR) is 93.3 cm³/mol. The number of hydrogen-bond acceptors (Lipinski definition) is 4. The molecule has 0 aromatic heterocycles. The van der Waals surface area contributed by atoms with Crippen LogP contribution in [0, 0.1) is 0 Å². The molecular weight excluding hydrogens is 310 g/mol. The molecule has 5 heteroatoms. The van der Waals surface area contributed by atoms with Crippen LogP contribution in [0.1, 0.15) is 6.92 Å². The molecule has 0 aliphatic carbocycles. The number of benzene rings is 2. The van der Waals surface area contributed by atoms with Gasteiger partial charge >= 0.3 is 0 Å². The van der Waals surface area contributed by atoms with Crippen LogP contribution in [0.3, 0.4) is 0 Å². The van der Waals surface area contributed by atoms with E-state index in [1.807, 2.05) is 18.2 Å². The Labute approximate surface area is 141 Å². The topological polar surface area (TPSA) is 47.6 Å². The van der Waals surface area contributed by atoms with Crippen LogP contribution in [0.5, 0.6) is 11.5 Å². The highest BCUT2D eigenvalue weighted by Gasteiger charge is 2.13. The summed E-state index contributed by atoms with van der Waals surface area (Å²) in [6.07, 6.45) is -0.537. The second-order valence-electron chi connectivity index (χ2n) is 4.89. The number of ether oxygens (including phenoxy) is 2. The van der Waals surface area contributed by atoms with Crippen LogP contribution >= 0.6 is 11.8 Å². The minimum absolute atomic E-state index is 0.116. The normalized spacial score (nSPS) is 11.6. The Morgan fingerprint density at radius 3 is 2.39 bits per heavy atom. The summed E-state index contributed by atoms with van der Waals surface area (Å²) in [5, 5.41) is 2.89. The third-order valence-corrected chi connectivity index (χ3v) is 4.17. The van der Waals surface area contributed by atoms with Gasteiger partial charge in [-0.25, -0.2) is 0 Å². The van der Waals surface area contributed by atoms with Crippen LogP contribution in [-0.2, 0) is 4.79 Å². The van der Waals surface area contributed by atoms with E-state index < -0.39 is 6.10 Å². The van der Waals surface area contributed by atoms with Crippen LogP contribution in [0.15, 0.2) is 59.5 Å². The standard InChI is InChI=1S/C18H21NO3S/c1-14(22-16-10-8-15(21-2)9-11-16)18(20)19-12-13-23-17-6-4-3-5-7-17/h3-11,14H,12-13H2,1-2H3,(H,19,20)/t14-/m1/s1. The molecule has 0 radical (unpaired) electrons. The average molecular weight is 331 g/mol. The molecule has 122 valence electrons. The molecule has 0 aliphatic heterocycles. The smallest absolute Gasteiger partial charge is 0.260 e. The maximum atomic E-state index is 12.0. The summed E-state index contributed by atoms with van der Waals surface area (Å²) < 4.78 is 10.7. The molecule has 0 aliphatic rings. The Kier molecular flexibility index (Phi) is 6.81. The fourth-order valence-electron chi connectivity index (χ4n) is 1.92. The molecule has 2 rings (SSSR count). The van der Waals surface area contributed by atoms with Crippen molar-refractivity contribution in [1.82, 2.24) is 5.32 Å². The van der Waals surface area contributed by atoms with Crippen LogP contribution in [0.2, 0.25) is 0 Å². The van der Waals surface area contributed by atoms with Crippen LogP contribution < -0.4 is 14.8 Å². The first-order valence-electron chi connectivity index (χ1n) is 7.45. The molecule has 0 fully saturated rings. The van der Waals surface area contributed by atoms with E-state index in [1.165, 1.54) is 4.90 Å². The molecule has 0 spiro atoms. The molecule has 0 unspecified atom stereocenters. The van der Waals surface area contributed by atoms with E-state index in [0.29, 0.717) is 12.3 Å². The van der Waals surface area contributed by atoms with Gasteiger partial charge in [0.2, 0.25) is 0 Å². The Morgan fingerprint density at radius 2 is 1.74 bits per heavy atom. The van der Waals surface area contributed by atoms with Crippen molar-refractivity contribution in [1.29, 1.82) is 0 Å². The molecule has 0 bridgehead atoms. The van der Waals surface area contributed by atoms with E-state index in [2.05, 4.69) is 17.4 Å². The minimum Gasteiger partial charge on any atom is -0.497 e. The number of nitrogens with one attached hydrogen (secondary N) is 1. The Bertz CT molecular complexity index is 601. The fourth-order valence-corrected chi connectivity index (χ4v) is 2.70. The number of hydrogen-bond donors (Lipinski definition) is 1. The molecule has 0 saturated carbocycles. The summed E-state index contributed by atoms with van der Waals surface area (Å²) in [5.41, 5.74) is 0. The van der Waals surface area contributed by atoms with Crippen molar-refractivity contribution in [3.05, 3.63) is 54.6 Å². The lowest BCUT2D eigenvalue weighted by atomic mass is 10.3. The van der Waals surface area contributed by atoms with Gasteiger partial charge < -0.3 is 14.8 Å². The number of amides is 1. The third kappa shape index (κ3) is 5.87. The van der Waals surface area contributed by atoms with Gasteiger partial charge in [-0.05, 0) is 43.3 Å². The number of thioether (sulfide) groups is 1. The van der Waals surface area contributed by atoms with E-state index in [-0.39, 0.29) is 5.91 Å². The van der Waals surface area contributed by atoms with Crippen molar-refractivity contribution in [2.24, 2.45) is 0 Å².